The van der Waals surface area contributed by atoms with Gasteiger partial charge in [0.2, 0.25) is 0 Å². The average molecular weight is 281 g/mol. The van der Waals surface area contributed by atoms with Crippen LogP contribution in [0, 0.1) is 11.7 Å². The molecule has 1 saturated heterocycles. The second-order valence-electron chi connectivity index (χ2n) is 5.46. The largest absolute Gasteiger partial charge is 0.387 e. The first-order chi connectivity index (χ1) is 9.70. The molecule has 0 aromatic heterocycles. The molecule has 0 bridgehead atoms. The van der Waals surface area contributed by atoms with Crippen molar-refractivity contribution in [1.82, 2.24) is 4.90 Å². The predicted molar refractivity (Wildman–Crippen MR) is 77.0 cm³/mol. The summed E-state index contributed by atoms with van der Waals surface area (Å²) in [5.74, 6) is 0.194. The number of nitrogens with zero attached hydrogens (tertiary/aromatic N) is 1. The molecule has 0 saturated carbocycles. The Morgan fingerprint density at radius 3 is 3.00 bits per heavy atom. The molecule has 2 atom stereocenters. The monoisotopic (exact) mass is 281 g/mol. The summed E-state index contributed by atoms with van der Waals surface area (Å²) in [6, 6.07) is 6.45. The van der Waals surface area contributed by atoms with E-state index >= 15 is 0 Å². The lowest BCUT2D eigenvalue weighted by atomic mass is 9.98. The molecule has 1 aromatic carbocycles. The fraction of sp³-hybridized carbons (Fsp3) is 0.625. The molecule has 20 heavy (non-hydrogen) atoms. The minimum atomic E-state index is -0.762. The number of likely N-dealkylation sites (tertiary alicyclic amines) is 1. The molecular weight excluding hydrogens is 257 g/mol. The lowest BCUT2D eigenvalue weighted by molar-refractivity contribution is 0.0434. The SMILES string of the molecule is CCOCC1CCCN(CC(O)c2ccccc2F)C1. The molecule has 0 aliphatic carbocycles. The van der Waals surface area contributed by atoms with Crippen LogP contribution in [0.1, 0.15) is 31.4 Å². The van der Waals surface area contributed by atoms with Crippen molar-refractivity contribution < 1.29 is 14.2 Å². The Hall–Kier alpha value is -0.970. The fourth-order valence-corrected chi connectivity index (χ4v) is 2.83. The highest BCUT2D eigenvalue weighted by atomic mass is 19.1. The van der Waals surface area contributed by atoms with Gasteiger partial charge >= 0.3 is 0 Å². The van der Waals surface area contributed by atoms with Crippen LogP contribution >= 0.6 is 0 Å². The highest BCUT2D eigenvalue weighted by molar-refractivity contribution is 5.20. The van der Waals surface area contributed by atoms with Gasteiger partial charge in [-0.1, -0.05) is 18.2 Å². The van der Waals surface area contributed by atoms with Gasteiger partial charge in [-0.25, -0.2) is 4.39 Å². The number of aliphatic hydroxyl groups excluding tert-OH is 1. The normalized spacial score (nSPS) is 21.9. The van der Waals surface area contributed by atoms with Crippen LogP contribution < -0.4 is 0 Å². The van der Waals surface area contributed by atoms with Crippen LogP contribution in [0.15, 0.2) is 24.3 Å². The minimum Gasteiger partial charge on any atom is -0.387 e. The lowest BCUT2D eigenvalue weighted by Gasteiger charge is -2.33. The number of hydrogen-bond donors (Lipinski definition) is 1. The topological polar surface area (TPSA) is 32.7 Å². The van der Waals surface area contributed by atoms with Crippen LogP contribution in [0.5, 0.6) is 0 Å². The van der Waals surface area contributed by atoms with E-state index in [4.69, 9.17) is 4.74 Å². The molecule has 2 rings (SSSR count). The van der Waals surface area contributed by atoms with E-state index in [1.165, 1.54) is 12.5 Å². The van der Waals surface area contributed by atoms with Gasteiger partial charge < -0.3 is 14.7 Å². The average Bonchev–Trinajstić information content (AvgIpc) is 2.46. The summed E-state index contributed by atoms with van der Waals surface area (Å²) in [6.07, 6.45) is 1.52. The molecule has 1 fully saturated rings. The maximum atomic E-state index is 13.6. The summed E-state index contributed by atoms with van der Waals surface area (Å²) in [7, 11) is 0. The molecule has 1 aromatic rings. The number of aliphatic hydroxyl groups is 1. The van der Waals surface area contributed by atoms with E-state index in [-0.39, 0.29) is 5.82 Å². The van der Waals surface area contributed by atoms with Gasteiger partial charge in [-0.2, -0.15) is 0 Å². The number of β-amino-alcohol motifs (C(OH)–C–C–N with tert-alkyl or cyclic N) is 1. The molecule has 3 nitrogen and oxygen atoms in total. The minimum absolute atomic E-state index is 0.331. The maximum Gasteiger partial charge on any atom is 0.129 e. The van der Waals surface area contributed by atoms with Gasteiger partial charge in [-0.15, -0.1) is 0 Å². The van der Waals surface area contributed by atoms with Gasteiger partial charge in [-0.3, -0.25) is 0 Å². The number of piperidine rings is 1. The molecule has 1 N–H and O–H groups in total. The standard InChI is InChI=1S/C16H24FNO2/c1-2-20-12-13-6-5-9-18(10-13)11-16(19)14-7-3-4-8-15(14)17/h3-4,7-8,13,16,19H,2,5-6,9-12H2,1H3. The van der Waals surface area contributed by atoms with Crippen molar-refractivity contribution in [3.63, 3.8) is 0 Å². The fourth-order valence-electron chi connectivity index (χ4n) is 2.83. The Morgan fingerprint density at radius 1 is 1.45 bits per heavy atom. The Kier molecular flexibility index (Phi) is 5.95. The number of hydrogen-bond acceptors (Lipinski definition) is 3. The molecule has 112 valence electrons. The van der Waals surface area contributed by atoms with Gasteiger partial charge in [0.1, 0.15) is 5.82 Å². The zero-order chi connectivity index (χ0) is 14.4. The number of rotatable bonds is 6. The summed E-state index contributed by atoms with van der Waals surface area (Å²) in [5.41, 5.74) is 0.388. The van der Waals surface area contributed by atoms with Crippen molar-refractivity contribution in [2.24, 2.45) is 5.92 Å². The van der Waals surface area contributed by atoms with Crippen molar-refractivity contribution >= 4 is 0 Å². The van der Waals surface area contributed by atoms with E-state index in [2.05, 4.69) is 4.90 Å². The zero-order valence-corrected chi connectivity index (χ0v) is 12.1. The van der Waals surface area contributed by atoms with Crippen molar-refractivity contribution in [2.45, 2.75) is 25.9 Å². The molecule has 0 amide bonds. The summed E-state index contributed by atoms with van der Waals surface area (Å²) in [5, 5.41) is 10.2. The third kappa shape index (κ3) is 4.27. The van der Waals surface area contributed by atoms with Crippen molar-refractivity contribution in [3.8, 4) is 0 Å². The molecule has 0 radical (unpaired) electrons. The van der Waals surface area contributed by atoms with Crippen molar-refractivity contribution in [3.05, 3.63) is 35.6 Å². The first-order valence-electron chi connectivity index (χ1n) is 7.43. The van der Waals surface area contributed by atoms with Crippen LogP contribution in [-0.2, 0) is 4.74 Å². The Labute approximate surface area is 120 Å². The Balaban J connectivity index is 1.87. The molecule has 1 aliphatic heterocycles. The first kappa shape index (κ1) is 15.4. The first-order valence-corrected chi connectivity index (χ1v) is 7.43. The molecule has 4 heteroatoms. The van der Waals surface area contributed by atoms with Crippen LogP contribution in [0.4, 0.5) is 4.39 Å². The summed E-state index contributed by atoms with van der Waals surface area (Å²) in [6.45, 7) is 5.91. The highest BCUT2D eigenvalue weighted by Crippen LogP contribution is 2.22. The van der Waals surface area contributed by atoms with E-state index in [9.17, 15) is 9.50 Å². The highest BCUT2D eigenvalue weighted by Gasteiger charge is 2.23. The number of ether oxygens (including phenoxy) is 1. The summed E-state index contributed by atoms with van der Waals surface area (Å²) in [4.78, 5) is 2.21. The molecule has 0 spiro atoms. The second-order valence-corrected chi connectivity index (χ2v) is 5.46. The quantitative estimate of drug-likeness (QED) is 0.870. The predicted octanol–water partition coefficient (Wildman–Crippen LogP) is 2.61. The van der Waals surface area contributed by atoms with Crippen molar-refractivity contribution in [1.29, 1.82) is 0 Å². The number of benzene rings is 1. The van der Waals surface area contributed by atoms with Crippen molar-refractivity contribution in [2.75, 3.05) is 32.8 Å². The van der Waals surface area contributed by atoms with E-state index < -0.39 is 6.10 Å². The van der Waals surface area contributed by atoms with Gasteiger partial charge in [0, 0.05) is 25.3 Å². The Morgan fingerprint density at radius 2 is 2.25 bits per heavy atom. The smallest absolute Gasteiger partial charge is 0.129 e. The molecule has 1 aliphatic rings. The van der Waals surface area contributed by atoms with E-state index in [1.807, 2.05) is 6.92 Å². The maximum absolute atomic E-state index is 13.6. The van der Waals surface area contributed by atoms with Crippen LogP contribution in [0.25, 0.3) is 0 Å². The van der Waals surface area contributed by atoms with Crippen LogP contribution in [0.2, 0.25) is 0 Å². The zero-order valence-electron chi connectivity index (χ0n) is 12.1. The third-order valence-electron chi connectivity index (χ3n) is 3.86. The third-order valence-corrected chi connectivity index (χ3v) is 3.86. The van der Waals surface area contributed by atoms with Gasteiger partial charge in [-0.05, 0) is 38.3 Å². The van der Waals surface area contributed by atoms with Crippen LogP contribution in [-0.4, -0.2) is 42.9 Å². The van der Waals surface area contributed by atoms with Gasteiger partial charge in [0.05, 0.1) is 12.7 Å². The molecule has 1 heterocycles. The Bertz CT molecular complexity index is 413. The number of halogens is 1. The molecular formula is C16H24FNO2. The van der Waals surface area contributed by atoms with Gasteiger partial charge in [0.15, 0.2) is 0 Å². The van der Waals surface area contributed by atoms with E-state index in [0.29, 0.717) is 18.0 Å². The van der Waals surface area contributed by atoms with E-state index in [1.54, 1.807) is 18.2 Å². The van der Waals surface area contributed by atoms with Crippen LogP contribution in [0.3, 0.4) is 0 Å². The van der Waals surface area contributed by atoms with Gasteiger partial charge in [0.25, 0.3) is 0 Å². The lowest BCUT2D eigenvalue weighted by Crippen LogP contribution is -2.39. The van der Waals surface area contributed by atoms with E-state index in [0.717, 1.165) is 32.7 Å². The molecule has 2 unspecified atom stereocenters. The summed E-state index contributed by atoms with van der Waals surface area (Å²) >= 11 is 0. The second kappa shape index (κ2) is 7.72. The summed E-state index contributed by atoms with van der Waals surface area (Å²) < 4.78 is 19.1.